The molecule has 1 aliphatic heterocycles. The largest absolute Gasteiger partial charge is 0.480 e. The smallest absolute Gasteiger partial charge is 0.322 e. The van der Waals surface area contributed by atoms with Crippen LogP contribution >= 0.6 is 0 Å². The number of rotatable bonds is 5. The lowest BCUT2D eigenvalue weighted by Gasteiger charge is -2.19. The maximum atomic E-state index is 11.9. The summed E-state index contributed by atoms with van der Waals surface area (Å²) in [6, 6.07) is 0.0971. The van der Waals surface area contributed by atoms with E-state index in [9.17, 15) is 9.59 Å². The van der Waals surface area contributed by atoms with Gasteiger partial charge in [-0.3, -0.25) is 24.7 Å². The number of carboxylic acid groups (broad SMARTS) is 1. The second kappa shape index (κ2) is 7.14. The van der Waals surface area contributed by atoms with Gasteiger partial charge < -0.3 is 9.52 Å². The van der Waals surface area contributed by atoms with Crippen LogP contribution in [0.15, 0.2) is 4.42 Å². The fraction of sp³-hybridized carbons (Fsp3) is 0.667. The standard InChI is InChI=1S/C12H19N5O4/c1-9-14-15-12(21-9)13-10(18)7-16-3-2-4-17(6-5-16)8-11(19)20/h2-8H2,1H3,(H,19,20)(H,13,15,18). The highest BCUT2D eigenvalue weighted by atomic mass is 16.4. The maximum Gasteiger partial charge on any atom is 0.322 e. The van der Waals surface area contributed by atoms with Gasteiger partial charge in [0, 0.05) is 26.6 Å². The van der Waals surface area contributed by atoms with Crippen LogP contribution in [0.3, 0.4) is 0 Å². The molecular formula is C12H19N5O4. The van der Waals surface area contributed by atoms with Crippen LogP contribution in [0.5, 0.6) is 0 Å². The lowest BCUT2D eigenvalue weighted by molar-refractivity contribution is -0.138. The van der Waals surface area contributed by atoms with Crippen molar-refractivity contribution in [1.29, 1.82) is 0 Å². The summed E-state index contributed by atoms with van der Waals surface area (Å²) in [5, 5.41) is 18.7. The van der Waals surface area contributed by atoms with Crippen molar-refractivity contribution in [1.82, 2.24) is 20.0 Å². The van der Waals surface area contributed by atoms with Gasteiger partial charge in [-0.1, -0.05) is 5.10 Å². The van der Waals surface area contributed by atoms with E-state index in [1.807, 2.05) is 9.80 Å². The molecule has 1 saturated heterocycles. The average molecular weight is 297 g/mol. The summed E-state index contributed by atoms with van der Waals surface area (Å²) in [5.41, 5.74) is 0. The summed E-state index contributed by atoms with van der Waals surface area (Å²) in [6.45, 7) is 4.70. The molecule has 1 aromatic heterocycles. The average Bonchev–Trinajstić information content (AvgIpc) is 2.67. The molecule has 0 atom stereocenters. The second-order valence-electron chi connectivity index (χ2n) is 4.97. The molecule has 1 aromatic rings. The highest BCUT2D eigenvalue weighted by Crippen LogP contribution is 2.06. The van der Waals surface area contributed by atoms with Crippen molar-refractivity contribution in [3.05, 3.63) is 5.89 Å². The summed E-state index contributed by atoms with van der Waals surface area (Å²) in [7, 11) is 0. The molecule has 2 rings (SSSR count). The van der Waals surface area contributed by atoms with Crippen molar-refractivity contribution in [2.75, 3.05) is 44.6 Å². The van der Waals surface area contributed by atoms with E-state index < -0.39 is 5.97 Å². The number of aromatic nitrogens is 2. The van der Waals surface area contributed by atoms with Crippen molar-refractivity contribution in [3.63, 3.8) is 0 Å². The van der Waals surface area contributed by atoms with Gasteiger partial charge in [0.25, 0.3) is 0 Å². The zero-order chi connectivity index (χ0) is 15.2. The Morgan fingerprint density at radius 1 is 1.19 bits per heavy atom. The van der Waals surface area contributed by atoms with Crippen LogP contribution in [-0.2, 0) is 9.59 Å². The van der Waals surface area contributed by atoms with E-state index in [1.54, 1.807) is 6.92 Å². The van der Waals surface area contributed by atoms with Crippen LogP contribution in [0.25, 0.3) is 0 Å². The minimum absolute atomic E-state index is 0.0430. The number of amides is 1. The molecule has 1 fully saturated rings. The summed E-state index contributed by atoms with van der Waals surface area (Å²) < 4.78 is 5.08. The third-order valence-electron chi connectivity index (χ3n) is 3.18. The van der Waals surface area contributed by atoms with Crippen molar-refractivity contribution in [2.24, 2.45) is 0 Å². The molecule has 1 amide bonds. The van der Waals surface area contributed by atoms with Crippen LogP contribution in [0.1, 0.15) is 12.3 Å². The molecule has 0 spiro atoms. The molecule has 0 radical (unpaired) electrons. The number of nitrogens with zero attached hydrogens (tertiary/aromatic N) is 4. The van der Waals surface area contributed by atoms with Gasteiger partial charge in [-0.2, -0.15) is 0 Å². The molecule has 0 aliphatic carbocycles. The summed E-state index contributed by atoms with van der Waals surface area (Å²) in [6.07, 6.45) is 0.834. The minimum atomic E-state index is -0.826. The predicted octanol–water partition coefficient (Wildman–Crippen LogP) is -0.591. The van der Waals surface area contributed by atoms with Crippen LogP contribution in [0.4, 0.5) is 6.01 Å². The number of anilines is 1. The quantitative estimate of drug-likeness (QED) is 0.741. The fourth-order valence-electron chi connectivity index (χ4n) is 2.24. The molecule has 2 N–H and O–H groups in total. The number of hydrogen-bond donors (Lipinski definition) is 2. The first-order chi connectivity index (χ1) is 10.0. The number of carbonyl (C=O) groups excluding carboxylic acids is 1. The Morgan fingerprint density at radius 3 is 2.43 bits per heavy atom. The Morgan fingerprint density at radius 2 is 1.86 bits per heavy atom. The highest BCUT2D eigenvalue weighted by Gasteiger charge is 2.19. The second-order valence-corrected chi connectivity index (χ2v) is 4.97. The lowest BCUT2D eigenvalue weighted by atomic mass is 10.3. The van der Waals surface area contributed by atoms with E-state index >= 15 is 0 Å². The van der Waals surface area contributed by atoms with Crippen molar-refractivity contribution < 1.29 is 19.1 Å². The van der Waals surface area contributed by atoms with Gasteiger partial charge in [0.15, 0.2) is 0 Å². The van der Waals surface area contributed by atoms with E-state index in [4.69, 9.17) is 9.52 Å². The van der Waals surface area contributed by atoms with E-state index in [1.165, 1.54) is 0 Å². The number of nitrogens with one attached hydrogen (secondary N) is 1. The molecular weight excluding hydrogens is 278 g/mol. The summed E-state index contributed by atoms with van der Waals surface area (Å²) >= 11 is 0. The Hall–Kier alpha value is -2.00. The van der Waals surface area contributed by atoms with Crippen LogP contribution in [-0.4, -0.2) is 76.2 Å². The minimum Gasteiger partial charge on any atom is -0.480 e. The first kappa shape index (κ1) is 15.4. The summed E-state index contributed by atoms with van der Waals surface area (Å²) in [5.74, 6) is -0.650. The number of hydrogen-bond acceptors (Lipinski definition) is 7. The topological polar surface area (TPSA) is 112 Å². The maximum absolute atomic E-state index is 11.9. The SMILES string of the molecule is Cc1nnc(NC(=O)CN2CCCN(CC(=O)O)CC2)o1. The number of aliphatic carboxylic acids is 1. The molecule has 1 aliphatic rings. The third kappa shape index (κ3) is 5.12. The molecule has 0 bridgehead atoms. The number of carbonyl (C=O) groups is 2. The zero-order valence-corrected chi connectivity index (χ0v) is 11.9. The molecule has 0 saturated carbocycles. The highest BCUT2D eigenvalue weighted by molar-refractivity contribution is 5.90. The molecule has 0 unspecified atom stereocenters. The van der Waals surface area contributed by atoms with E-state index in [0.29, 0.717) is 19.0 Å². The van der Waals surface area contributed by atoms with Gasteiger partial charge >= 0.3 is 12.0 Å². The van der Waals surface area contributed by atoms with Gasteiger partial charge in [0.05, 0.1) is 13.1 Å². The first-order valence-corrected chi connectivity index (χ1v) is 6.79. The van der Waals surface area contributed by atoms with E-state index in [2.05, 4.69) is 15.5 Å². The van der Waals surface area contributed by atoms with Crippen molar-refractivity contribution in [2.45, 2.75) is 13.3 Å². The molecule has 0 aromatic carbocycles. The molecule has 21 heavy (non-hydrogen) atoms. The monoisotopic (exact) mass is 297 g/mol. The van der Waals surface area contributed by atoms with Crippen LogP contribution < -0.4 is 5.32 Å². The van der Waals surface area contributed by atoms with Crippen LogP contribution in [0, 0.1) is 6.92 Å². The van der Waals surface area contributed by atoms with Gasteiger partial charge in [0.2, 0.25) is 11.8 Å². The van der Waals surface area contributed by atoms with Crippen molar-refractivity contribution in [3.8, 4) is 0 Å². The van der Waals surface area contributed by atoms with Gasteiger partial charge in [-0.15, -0.1) is 5.10 Å². The molecule has 2 heterocycles. The molecule has 9 nitrogen and oxygen atoms in total. The fourth-order valence-corrected chi connectivity index (χ4v) is 2.24. The first-order valence-electron chi connectivity index (χ1n) is 6.79. The van der Waals surface area contributed by atoms with Crippen molar-refractivity contribution >= 4 is 17.9 Å². The van der Waals surface area contributed by atoms with Gasteiger partial charge in [0.1, 0.15) is 0 Å². The normalized spacial score (nSPS) is 17.4. The Balaban J connectivity index is 1.77. The van der Waals surface area contributed by atoms with E-state index in [0.717, 1.165) is 19.5 Å². The Bertz CT molecular complexity index is 504. The van der Waals surface area contributed by atoms with Gasteiger partial charge in [-0.05, 0) is 13.0 Å². The third-order valence-corrected chi connectivity index (χ3v) is 3.18. The lowest BCUT2D eigenvalue weighted by Crippen LogP contribution is -2.37. The Kier molecular flexibility index (Phi) is 5.23. The predicted molar refractivity (Wildman–Crippen MR) is 72.8 cm³/mol. The van der Waals surface area contributed by atoms with Crippen LogP contribution in [0.2, 0.25) is 0 Å². The Labute approximate surface area is 121 Å². The molecule has 116 valence electrons. The number of aryl methyl sites for hydroxylation is 1. The number of carboxylic acids is 1. The van der Waals surface area contributed by atoms with E-state index in [-0.39, 0.29) is 25.0 Å². The van der Waals surface area contributed by atoms with Gasteiger partial charge in [-0.25, -0.2) is 0 Å². The zero-order valence-electron chi connectivity index (χ0n) is 11.9. The molecule has 9 heteroatoms. The summed E-state index contributed by atoms with van der Waals surface area (Å²) in [4.78, 5) is 26.4.